The number of nitrogens with one attached hydrogen (secondary N) is 2. The van der Waals surface area contributed by atoms with Crippen molar-refractivity contribution in [2.24, 2.45) is 9.98 Å². The summed E-state index contributed by atoms with van der Waals surface area (Å²) in [5, 5.41) is 29.4. The first-order valence-corrected chi connectivity index (χ1v) is 28.8. The van der Waals surface area contributed by atoms with Crippen LogP contribution in [0.1, 0.15) is 125 Å². The predicted octanol–water partition coefficient (Wildman–Crippen LogP) is 7.40. The molecule has 4 N–H and O–H groups in total. The summed E-state index contributed by atoms with van der Waals surface area (Å²) in [6.45, 7) is 11.2. The van der Waals surface area contributed by atoms with Crippen LogP contribution in [-0.2, 0) is 44.5 Å². The molecule has 18 nitrogen and oxygen atoms in total. The summed E-state index contributed by atoms with van der Waals surface area (Å²) in [4.78, 5) is 42.4. The largest absolute Gasteiger partial charge is 0.481 e. The van der Waals surface area contributed by atoms with Gasteiger partial charge in [0.25, 0.3) is 0 Å². The predicted molar refractivity (Wildman–Crippen MR) is 293 cm³/mol. The summed E-state index contributed by atoms with van der Waals surface area (Å²) >= 11 is 0. The molecule has 406 valence electrons. The van der Waals surface area contributed by atoms with E-state index < -0.39 is 32.7 Å². The molecule has 4 saturated carbocycles. The molecular formula is C57H73N9O9S. The van der Waals surface area contributed by atoms with Gasteiger partial charge >= 0.3 is 5.97 Å². The Kier molecular flexibility index (Phi) is 15.3. The number of benzene rings is 2. The number of methoxy groups -OCH3 is 2. The Bertz CT molecular complexity index is 3070. The average molecular weight is 1060 g/mol. The highest BCUT2D eigenvalue weighted by Gasteiger charge is 2.63. The van der Waals surface area contributed by atoms with Gasteiger partial charge in [0, 0.05) is 73.4 Å². The third-order valence-corrected chi connectivity index (χ3v) is 18.4. The summed E-state index contributed by atoms with van der Waals surface area (Å²) in [6.07, 6.45) is 9.17. The lowest BCUT2D eigenvalue weighted by molar-refractivity contribution is -0.142. The van der Waals surface area contributed by atoms with Crippen molar-refractivity contribution in [3.05, 3.63) is 95.1 Å². The third kappa shape index (κ3) is 10.7. The summed E-state index contributed by atoms with van der Waals surface area (Å²) in [5.74, 6) is 0.373. The zero-order valence-corrected chi connectivity index (χ0v) is 45.2. The molecule has 19 heteroatoms. The van der Waals surface area contributed by atoms with E-state index in [0.29, 0.717) is 37.1 Å². The molecule has 1 saturated heterocycles. The van der Waals surface area contributed by atoms with Crippen LogP contribution in [0.4, 0.5) is 5.95 Å². The summed E-state index contributed by atoms with van der Waals surface area (Å²) in [5.41, 5.74) is 11.2. The van der Waals surface area contributed by atoms with E-state index in [1.54, 1.807) is 19.1 Å². The number of ether oxygens (including phenoxy) is 3. The van der Waals surface area contributed by atoms with Crippen molar-refractivity contribution in [2.75, 3.05) is 62.8 Å². The van der Waals surface area contributed by atoms with Gasteiger partial charge in [-0.3, -0.25) is 19.7 Å². The number of anilines is 1. The molecule has 1 aliphatic heterocycles. The summed E-state index contributed by atoms with van der Waals surface area (Å²) in [6, 6.07) is 20.3. The fourth-order valence-corrected chi connectivity index (χ4v) is 13.4. The Labute approximate surface area is 445 Å². The number of aliphatic hydroxyl groups is 1. The Balaban J connectivity index is 0.845. The maximum absolute atomic E-state index is 13.8. The topological polar surface area (TPSA) is 224 Å². The number of aliphatic hydroxyl groups excluding tert-OH is 1. The van der Waals surface area contributed by atoms with Gasteiger partial charge in [0.05, 0.1) is 66.2 Å². The smallest absolute Gasteiger partial charge is 0.316 e. The highest BCUT2D eigenvalue weighted by atomic mass is 32.2. The van der Waals surface area contributed by atoms with E-state index in [-0.39, 0.29) is 66.6 Å². The van der Waals surface area contributed by atoms with Crippen LogP contribution in [0.5, 0.6) is 0 Å². The van der Waals surface area contributed by atoms with Crippen molar-refractivity contribution in [3.63, 3.8) is 0 Å². The number of rotatable bonds is 18. The second kappa shape index (κ2) is 21.8. The number of aliphatic carboxylic acids is 1. The lowest BCUT2D eigenvalue weighted by Gasteiger charge is -2.30. The van der Waals surface area contributed by atoms with Gasteiger partial charge < -0.3 is 34.6 Å². The van der Waals surface area contributed by atoms with Gasteiger partial charge in [-0.1, -0.05) is 48.5 Å². The highest BCUT2D eigenvalue weighted by molar-refractivity contribution is 7.91. The molecule has 1 amide bonds. The fraction of sp³-hybridized carbons (Fsp3) is 0.544. The number of carboxylic acids is 1. The van der Waals surface area contributed by atoms with Crippen LogP contribution in [0, 0.1) is 6.92 Å². The van der Waals surface area contributed by atoms with Crippen LogP contribution in [-0.4, -0.2) is 150 Å². The van der Waals surface area contributed by atoms with Crippen molar-refractivity contribution in [1.82, 2.24) is 24.2 Å². The number of fused-ring (bicyclic) bond motifs is 1. The van der Waals surface area contributed by atoms with E-state index in [9.17, 15) is 28.2 Å². The van der Waals surface area contributed by atoms with E-state index >= 15 is 0 Å². The molecule has 5 fully saturated rings. The Morgan fingerprint density at radius 2 is 1.46 bits per heavy atom. The minimum Gasteiger partial charge on any atom is -0.481 e. The normalized spacial score (nSPS) is 25.9. The highest BCUT2D eigenvalue weighted by Crippen LogP contribution is 2.54. The van der Waals surface area contributed by atoms with Crippen molar-refractivity contribution >= 4 is 45.9 Å². The lowest BCUT2D eigenvalue weighted by atomic mass is 9.85. The first-order chi connectivity index (χ1) is 36.6. The quantitative estimate of drug-likeness (QED) is 0.0497. The van der Waals surface area contributed by atoms with Crippen LogP contribution in [0.2, 0.25) is 0 Å². The number of hydrogen-bond donors (Lipinski definition) is 4. The molecule has 4 aliphatic carbocycles. The van der Waals surface area contributed by atoms with E-state index in [1.165, 1.54) is 0 Å². The van der Waals surface area contributed by atoms with Crippen LogP contribution < -0.4 is 10.7 Å². The first-order valence-electron chi connectivity index (χ1n) is 27.0. The molecule has 5 aromatic rings. The number of carboxylic acid groups (broad SMARTS) is 1. The molecule has 4 atom stereocenters. The van der Waals surface area contributed by atoms with Gasteiger partial charge in [0.2, 0.25) is 17.8 Å². The van der Waals surface area contributed by atoms with Gasteiger partial charge in [0.1, 0.15) is 5.41 Å². The maximum Gasteiger partial charge on any atom is 0.316 e. The Hall–Kier alpha value is -5.99. The number of aromatic nitrogens is 4. The molecule has 5 aliphatic rings. The van der Waals surface area contributed by atoms with Crippen molar-refractivity contribution in [1.29, 1.82) is 0 Å². The number of amides is 1. The van der Waals surface area contributed by atoms with E-state index in [4.69, 9.17) is 24.3 Å². The van der Waals surface area contributed by atoms with E-state index in [0.717, 1.165) is 115 Å². The van der Waals surface area contributed by atoms with Gasteiger partial charge in [-0.05, 0) is 133 Å². The molecule has 3 aromatic heterocycles. The van der Waals surface area contributed by atoms with E-state index in [1.807, 2.05) is 61.0 Å². The second-order valence-electron chi connectivity index (χ2n) is 22.1. The Morgan fingerprint density at radius 3 is 2.08 bits per heavy atom. The molecule has 4 heterocycles. The molecule has 0 radical (unpaired) electrons. The molecule has 2 unspecified atom stereocenters. The van der Waals surface area contributed by atoms with Crippen LogP contribution in [0.25, 0.3) is 27.8 Å². The standard InChI is InChI=1S/C57H73N9O9S/c1-35(33-73-5)60-54(58-4)62-65-37(3)46(38-7-15-42(16-8-38)56(23-24-56)52(68)64-25-27-76(71,72)28-26-64)29-48(65)41-13-21-45(22-14-41)75-51-31-57(51,53(69)70)43-17-9-39(10-18-43)47-30-49(40-11-19-44(67)20-12-40)66-50(47)32-59-55(63-66)61-36(2)34-74-6/h7-10,15-18,29-30,32,35-36,40-41,44-45,51,67H,4,11-14,19-28,31,33-34H2,1-3,5-6H3,(H,60,62)(H,61,63)(H,69,70)/t35-,36-,40?,41?,44?,45?,51?,57?/m0/s1. The number of guanidine groups is 1. The number of carbonyl (C=O) groups is 2. The second-order valence-corrected chi connectivity index (χ2v) is 24.4. The number of carbonyl (C=O) groups excluding carboxylic acids is 1. The zero-order valence-electron chi connectivity index (χ0n) is 44.4. The fourth-order valence-electron chi connectivity index (χ4n) is 12.2. The van der Waals surface area contributed by atoms with Gasteiger partial charge in [0.15, 0.2) is 9.84 Å². The first kappa shape index (κ1) is 53.4. The van der Waals surface area contributed by atoms with Crippen molar-refractivity contribution in [2.45, 2.75) is 144 Å². The third-order valence-electron chi connectivity index (χ3n) is 16.8. The number of aliphatic imine (C=N–C) groups is 2. The molecular weight excluding hydrogens is 987 g/mol. The molecule has 0 bridgehead atoms. The monoisotopic (exact) mass is 1060 g/mol. The van der Waals surface area contributed by atoms with Crippen molar-refractivity contribution < 1.29 is 42.4 Å². The minimum absolute atomic E-state index is 0.00719. The SMILES string of the molecule is C=NC(=N[C@@H](C)COC)Nn1c(C2CCC(OC3CC3(C(=O)O)c3ccc(-c4cc(C5CCC(O)CC5)n5nc(N[C@@H](C)COC)ncc45)cc3)CC2)cc(-c2ccc(C3(C(=O)N4CCS(=O)(=O)CC4)CC3)cc2)c1C. The van der Waals surface area contributed by atoms with Gasteiger partial charge in [-0.15, -0.1) is 5.10 Å². The molecule has 0 spiro atoms. The van der Waals surface area contributed by atoms with E-state index in [2.05, 4.69) is 63.3 Å². The summed E-state index contributed by atoms with van der Waals surface area (Å²) in [7, 11) is 0.194. The van der Waals surface area contributed by atoms with Crippen molar-refractivity contribution in [3.8, 4) is 22.3 Å². The van der Waals surface area contributed by atoms with Gasteiger partial charge in [-0.2, -0.15) is 0 Å². The maximum atomic E-state index is 13.8. The molecule has 76 heavy (non-hydrogen) atoms. The lowest BCUT2D eigenvalue weighted by Crippen LogP contribution is -2.47. The number of hydrogen-bond acceptors (Lipinski definition) is 12. The van der Waals surface area contributed by atoms with Crippen LogP contribution >= 0.6 is 0 Å². The minimum atomic E-state index is -3.11. The zero-order chi connectivity index (χ0) is 53.5. The average Bonchev–Trinajstić information content (AvgIpc) is 4.36. The summed E-state index contributed by atoms with van der Waals surface area (Å²) < 4.78 is 45.7. The molecule has 10 rings (SSSR count). The molecule has 2 aromatic carbocycles. The van der Waals surface area contributed by atoms with Gasteiger partial charge in [-0.25, -0.2) is 27.9 Å². The van der Waals surface area contributed by atoms with Crippen LogP contribution in [0.3, 0.4) is 0 Å². The number of sulfone groups is 1. The Morgan fingerprint density at radius 1 is 0.855 bits per heavy atom. The number of nitrogens with zero attached hydrogens (tertiary/aromatic N) is 7. The van der Waals surface area contributed by atoms with Crippen LogP contribution in [0.15, 0.2) is 76.8 Å².